The van der Waals surface area contributed by atoms with Crippen LogP contribution in [0.15, 0.2) is 30.3 Å². The normalized spacial score (nSPS) is 14.2. The number of benzene rings is 1. The highest BCUT2D eigenvalue weighted by molar-refractivity contribution is 9.10. The molecule has 0 amide bonds. The van der Waals surface area contributed by atoms with E-state index in [2.05, 4.69) is 69.1 Å². The van der Waals surface area contributed by atoms with Crippen molar-refractivity contribution in [3.63, 3.8) is 0 Å². The fraction of sp³-hybridized carbons (Fsp3) is 0.667. The molecule has 1 rings (SSSR count). The van der Waals surface area contributed by atoms with Crippen molar-refractivity contribution in [2.75, 3.05) is 0 Å². The fourth-order valence-electron chi connectivity index (χ4n) is 2.46. The van der Waals surface area contributed by atoms with Crippen molar-refractivity contribution in [3.8, 4) is 0 Å². The lowest BCUT2D eigenvalue weighted by atomic mass is 10.0. The van der Waals surface area contributed by atoms with Crippen LogP contribution in [-0.4, -0.2) is 4.83 Å². The van der Waals surface area contributed by atoms with Crippen molar-refractivity contribution in [1.82, 2.24) is 0 Å². The molecular formula is C18H28Br2. The molecule has 0 radical (unpaired) electrons. The molecule has 0 saturated carbocycles. The van der Waals surface area contributed by atoms with Gasteiger partial charge in [-0.1, -0.05) is 114 Å². The number of unbranched alkanes of at least 4 members (excludes halogenated alkanes) is 6. The Labute approximate surface area is 142 Å². The highest BCUT2D eigenvalue weighted by atomic mass is 79.9. The Hall–Kier alpha value is 0.180. The molecular weight excluding hydrogens is 376 g/mol. The predicted octanol–water partition coefficient (Wildman–Crippen LogP) is 7.42. The van der Waals surface area contributed by atoms with Gasteiger partial charge in [0.15, 0.2) is 0 Å². The smallest absolute Gasteiger partial charge is 0.0405 e. The summed E-state index contributed by atoms with van der Waals surface area (Å²) in [5.41, 5.74) is 1.39. The second kappa shape index (κ2) is 11.8. The first-order valence-corrected chi connectivity index (χ1v) is 9.90. The van der Waals surface area contributed by atoms with Crippen molar-refractivity contribution in [2.24, 2.45) is 0 Å². The van der Waals surface area contributed by atoms with E-state index in [0.717, 1.165) is 0 Å². The molecule has 0 aliphatic heterocycles. The van der Waals surface area contributed by atoms with Gasteiger partial charge in [0, 0.05) is 9.65 Å². The van der Waals surface area contributed by atoms with Crippen LogP contribution in [0, 0.1) is 0 Å². The van der Waals surface area contributed by atoms with Crippen LogP contribution in [0.1, 0.15) is 75.1 Å². The quantitative estimate of drug-likeness (QED) is 0.266. The molecule has 1 aromatic carbocycles. The van der Waals surface area contributed by atoms with E-state index in [4.69, 9.17) is 0 Å². The van der Waals surface area contributed by atoms with Crippen molar-refractivity contribution < 1.29 is 0 Å². The fourth-order valence-corrected chi connectivity index (χ4v) is 4.42. The molecule has 0 fully saturated rings. The van der Waals surface area contributed by atoms with E-state index in [1.54, 1.807) is 0 Å². The SMILES string of the molecule is CCCCCCCCCC(Br)CC(Br)c1ccccc1. The van der Waals surface area contributed by atoms with Gasteiger partial charge < -0.3 is 0 Å². The summed E-state index contributed by atoms with van der Waals surface area (Å²) < 4.78 is 0. The third-order valence-corrected chi connectivity index (χ3v) is 5.48. The van der Waals surface area contributed by atoms with E-state index < -0.39 is 0 Å². The summed E-state index contributed by atoms with van der Waals surface area (Å²) in [6.07, 6.45) is 12.2. The summed E-state index contributed by atoms with van der Waals surface area (Å²) in [4.78, 5) is 1.10. The minimum Gasteiger partial charge on any atom is -0.0890 e. The molecule has 2 atom stereocenters. The second-order valence-corrected chi connectivity index (χ2v) is 8.02. The molecule has 0 aliphatic carbocycles. The standard InChI is InChI=1S/C18H28Br2/c1-2-3-4-5-6-7-11-14-17(19)15-18(20)16-12-9-8-10-13-16/h8-10,12-13,17-18H,2-7,11,14-15H2,1H3. The topological polar surface area (TPSA) is 0 Å². The highest BCUT2D eigenvalue weighted by Gasteiger charge is 2.12. The average molecular weight is 404 g/mol. The number of hydrogen-bond acceptors (Lipinski definition) is 0. The Morgan fingerprint density at radius 2 is 1.45 bits per heavy atom. The predicted molar refractivity (Wildman–Crippen MR) is 98.1 cm³/mol. The average Bonchev–Trinajstić information content (AvgIpc) is 2.47. The molecule has 0 heterocycles. The first-order chi connectivity index (χ1) is 9.74. The summed E-state index contributed by atoms with van der Waals surface area (Å²) in [6, 6.07) is 10.7. The van der Waals surface area contributed by atoms with Crippen molar-refractivity contribution in [3.05, 3.63) is 35.9 Å². The van der Waals surface area contributed by atoms with Crippen LogP contribution in [-0.2, 0) is 0 Å². The van der Waals surface area contributed by atoms with Crippen LogP contribution >= 0.6 is 31.9 Å². The highest BCUT2D eigenvalue weighted by Crippen LogP contribution is 2.31. The summed E-state index contributed by atoms with van der Waals surface area (Å²) >= 11 is 7.65. The Morgan fingerprint density at radius 1 is 0.850 bits per heavy atom. The van der Waals surface area contributed by atoms with Gasteiger partial charge in [0.2, 0.25) is 0 Å². The molecule has 0 nitrogen and oxygen atoms in total. The third kappa shape index (κ3) is 8.46. The monoisotopic (exact) mass is 402 g/mol. The first kappa shape index (κ1) is 18.2. The van der Waals surface area contributed by atoms with Crippen molar-refractivity contribution in [1.29, 1.82) is 0 Å². The van der Waals surface area contributed by atoms with Gasteiger partial charge in [0.05, 0.1) is 0 Å². The molecule has 0 aromatic heterocycles. The van der Waals surface area contributed by atoms with Gasteiger partial charge in [0.25, 0.3) is 0 Å². The van der Waals surface area contributed by atoms with E-state index in [1.807, 2.05) is 0 Å². The molecule has 0 N–H and O–H groups in total. The van der Waals surface area contributed by atoms with Gasteiger partial charge in [-0.25, -0.2) is 0 Å². The van der Waals surface area contributed by atoms with Gasteiger partial charge in [-0.3, -0.25) is 0 Å². The van der Waals surface area contributed by atoms with E-state index in [1.165, 1.54) is 63.4 Å². The molecule has 0 spiro atoms. The van der Waals surface area contributed by atoms with Gasteiger partial charge in [0.1, 0.15) is 0 Å². The zero-order valence-corrected chi connectivity index (χ0v) is 15.8. The molecule has 0 aliphatic rings. The number of alkyl halides is 2. The summed E-state index contributed by atoms with van der Waals surface area (Å²) in [7, 11) is 0. The van der Waals surface area contributed by atoms with Crippen LogP contribution in [0.25, 0.3) is 0 Å². The lowest BCUT2D eigenvalue weighted by Crippen LogP contribution is -2.02. The zero-order chi connectivity index (χ0) is 14.6. The molecule has 2 heteroatoms. The maximum atomic E-state index is 3.84. The van der Waals surface area contributed by atoms with Gasteiger partial charge >= 0.3 is 0 Å². The van der Waals surface area contributed by atoms with E-state index in [9.17, 15) is 0 Å². The maximum Gasteiger partial charge on any atom is 0.0405 e. The number of halogens is 2. The molecule has 0 bridgehead atoms. The zero-order valence-electron chi connectivity index (χ0n) is 12.7. The molecule has 1 aromatic rings. The van der Waals surface area contributed by atoms with E-state index in [0.29, 0.717) is 9.65 Å². The second-order valence-electron chi connectivity index (χ2n) is 5.62. The summed E-state index contributed by atoms with van der Waals surface area (Å²) in [6.45, 7) is 2.28. The van der Waals surface area contributed by atoms with E-state index >= 15 is 0 Å². The lowest BCUT2D eigenvalue weighted by molar-refractivity contribution is 0.563. The Kier molecular flexibility index (Phi) is 10.8. The van der Waals surface area contributed by atoms with Gasteiger partial charge in [-0.05, 0) is 18.4 Å². The Morgan fingerprint density at radius 3 is 2.10 bits per heavy atom. The Balaban J connectivity index is 2.07. The van der Waals surface area contributed by atoms with Gasteiger partial charge in [-0.15, -0.1) is 0 Å². The molecule has 114 valence electrons. The molecule has 20 heavy (non-hydrogen) atoms. The summed E-state index contributed by atoms with van der Waals surface area (Å²) in [5, 5.41) is 0. The third-order valence-electron chi connectivity index (χ3n) is 3.74. The first-order valence-electron chi connectivity index (χ1n) is 8.07. The number of hydrogen-bond donors (Lipinski definition) is 0. The largest absolute Gasteiger partial charge is 0.0890 e. The van der Waals surface area contributed by atoms with Crippen LogP contribution < -0.4 is 0 Å². The Bertz CT molecular complexity index is 323. The van der Waals surface area contributed by atoms with Crippen LogP contribution in [0.2, 0.25) is 0 Å². The molecule has 2 unspecified atom stereocenters. The number of rotatable bonds is 11. The van der Waals surface area contributed by atoms with Crippen LogP contribution in [0.4, 0.5) is 0 Å². The van der Waals surface area contributed by atoms with Gasteiger partial charge in [-0.2, -0.15) is 0 Å². The maximum absolute atomic E-state index is 3.84. The van der Waals surface area contributed by atoms with Crippen molar-refractivity contribution >= 4 is 31.9 Å². The lowest BCUT2D eigenvalue weighted by Gasteiger charge is -2.15. The molecule has 0 saturated heterocycles. The van der Waals surface area contributed by atoms with Crippen LogP contribution in [0.5, 0.6) is 0 Å². The minimum absolute atomic E-state index is 0.470. The van der Waals surface area contributed by atoms with Crippen molar-refractivity contribution in [2.45, 2.75) is 74.4 Å². The minimum atomic E-state index is 0.470. The summed E-state index contributed by atoms with van der Waals surface area (Å²) in [5.74, 6) is 0. The van der Waals surface area contributed by atoms with Crippen LogP contribution in [0.3, 0.4) is 0 Å². The van der Waals surface area contributed by atoms with E-state index in [-0.39, 0.29) is 0 Å².